The number of nitriles is 1. The van der Waals surface area contributed by atoms with Gasteiger partial charge in [0, 0.05) is 0 Å². The van der Waals surface area contributed by atoms with Gasteiger partial charge in [0.1, 0.15) is 5.54 Å². The molecule has 0 aromatic carbocycles. The predicted molar refractivity (Wildman–Crippen MR) is 44.7 cm³/mol. The molecule has 0 saturated carbocycles. The molecule has 0 fully saturated rings. The van der Waals surface area contributed by atoms with E-state index in [1.165, 1.54) is 0 Å². The fraction of sp³-hybridized carbons (Fsp3) is 0.875. The van der Waals surface area contributed by atoms with E-state index in [1.807, 2.05) is 27.7 Å². The quantitative estimate of drug-likeness (QED) is 0.639. The third-order valence-corrected chi connectivity index (χ3v) is 1.51. The van der Waals surface area contributed by atoms with E-state index >= 15 is 0 Å². The van der Waals surface area contributed by atoms with Crippen LogP contribution in [-0.4, -0.2) is 12.6 Å². The molecule has 1 atom stereocenters. The molecule has 0 rings (SSSR count). The van der Waals surface area contributed by atoms with Crippen molar-refractivity contribution in [3.05, 3.63) is 0 Å². The lowest BCUT2D eigenvalue weighted by Gasteiger charge is -2.16. The smallest absolute Gasteiger partial charge is 0.103 e. The van der Waals surface area contributed by atoms with E-state index in [1.54, 1.807) is 7.05 Å². The number of nitrogens with one attached hydrogen (secondary N) is 1. The largest absolute Gasteiger partial charge is 0.303 e. The second kappa shape index (κ2) is 6.57. The van der Waals surface area contributed by atoms with Gasteiger partial charge in [0.15, 0.2) is 0 Å². The summed E-state index contributed by atoms with van der Waals surface area (Å²) in [5.41, 5.74) is -0.319. The minimum absolute atomic E-state index is 0.319. The van der Waals surface area contributed by atoms with Crippen molar-refractivity contribution in [1.29, 1.82) is 5.26 Å². The minimum atomic E-state index is -0.319. The van der Waals surface area contributed by atoms with Crippen molar-refractivity contribution in [3.8, 4) is 6.07 Å². The predicted octanol–water partition coefficient (Wildman–Crippen LogP) is 1.92. The van der Waals surface area contributed by atoms with Crippen molar-refractivity contribution in [2.45, 2.75) is 39.7 Å². The van der Waals surface area contributed by atoms with Crippen LogP contribution in [0.15, 0.2) is 0 Å². The van der Waals surface area contributed by atoms with Gasteiger partial charge in [-0.1, -0.05) is 20.8 Å². The SMILES string of the molecule is CC.CCC(C)(C#N)NC. The molecular weight excluding hydrogens is 124 g/mol. The van der Waals surface area contributed by atoms with E-state index in [4.69, 9.17) is 5.26 Å². The molecule has 0 aromatic heterocycles. The monoisotopic (exact) mass is 142 g/mol. The maximum Gasteiger partial charge on any atom is 0.103 e. The Morgan fingerprint density at radius 1 is 1.50 bits per heavy atom. The van der Waals surface area contributed by atoms with Crippen molar-refractivity contribution in [2.24, 2.45) is 0 Å². The highest BCUT2D eigenvalue weighted by Crippen LogP contribution is 2.04. The van der Waals surface area contributed by atoms with Crippen LogP contribution in [0.4, 0.5) is 0 Å². The topological polar surface area (TPSA) is 35.8 Å². The maximum absolute atomic E-state index is 8.47. The number of nitrogens with zero attached hydrogens (tertiary/aromatic N) is 1. The Morgan fingerprint density at radius 3 is 1.90 bits per heavy atom. The molecule has 2 heteroatoms. The van der Waals surface area contributed by atoms with Crippen molar-refractivity contribution in [3.63, 3.8) is 0 Å². The fourth-order valence-corrected chi connectivity index (χ4v) is 0.312. The minimum Gasteiger partial charge on any atom is -0.303 e. The molecule has 0 aliphatic carbocycles. The Morgan fingerprint density at radius 2 is 1.90 bits per heavy atom. The second-order valence-electron chi connectivity index (χ2n) is 2.05. The summed E-state index contributed by atoms with van der Waals surface area (Å²) in [6.45, 7) is 7.87. The summed E-state index contributed by atoms with van der Waals surface area (Å²) in [5.74, 6) is 0. The normalized spacial score (nSPS) is 14.0. The van der Waals surface area contributed by atoms with E-state index in [2.05, 4.69) is 11.4 Å². The molecule has 0 aliphatic rings. The van der Waals surface area contributed by atoms with E-state index < -0.39 is 0 Å². The van der Waals surface area contributed by atoms with Crippen LogP contribution in [0, 0.1) is 11.3 Å². The van der Waals surface area contributed by atoms with Crippen molar-refractivity contribution in [2.75, 3.05) is 7.05 Å². The third kappa shape index (κ3) is 4.34. The third-order valence-electron chi connectivity index (χ3n) is 1.51. The van der Waals surface area contributed by atoms with Crippen LogP contribution in [0.2, 0.25) is 0 Å². The van der Waals surface area contributed by atoms with Crippen LogP contribution in [0.5, 0.6) is 0 Å². The summed E-state index contributed by atoms with van der Waals surface area (Å²) in [4.78, 5) is 0. The van der Waals surface area contributed by atoms with Gasteiger partial charge in [-0.25, -0.2) is 0 Å². The zero-order valence-corrected chi connectivity index (χ0v) is 7.65. The molecule has 10 heavy (non-hydrogen) atoms. The highest BCUT2D eigenvalue weighted by atomic mass is 14.9. The fourth-order valence-electron chi connectivity index (χ4n) is 0.312. The summed E-state index contributed by atoms with van der Waals surface area (Å²) < 4.78 is 0. The Bertz CT molecular complexity index is 98.3. The molecule has 1 unspecified atom stereocenters. The highest BCUT2D eigenvalue weighted by molar-refractivity contribution is 5.01. The molecule has 0 saturated heterocycles. The molecule has 0 aliphatic heterocycles. The lowest BCUT2D eigenvalue weighted by atomic mass is 10.0. The molecule has 0 aromatic rings. The first kappa shape index (κ1) is 12.2. The molecule has 0 heterocycles. The van der Waals surface area contributed by atoms with Gasteiger partial charge in [0.05, 0.1) is 6.07 Å². The van der Waals surface area contributed by atoms with Crippen LogP contribution < -0.4 is 5.32 Å². The van der Waals surface area contributed by atoms with Gasteiger partial charge >= 0.3 is 0 Å². The van der Waals surface area contributed by atoms with Gasteiger partial charge in [0.2, 0.25) is 0 Å². The van der Waals surface area contributed by atoms with Crippen LogP contribution >= 0.6 is 0 Å². The summed E-state index contributed by atoms with van der Waals surface area (Å²) >= 11 is 0. The summed E-state index contributed by atoms with van der Waals surface area (Å²) in [6, 6.07) is 2.17. The Hall–Kier alpha value is -0.550. The van der Waals surface area contributed by atoms with Crippen LogP contribution in [-0.2, 0) is 0 Å². The lowest BCUT2D eigenvalue weighted by Crippen LogP contribution is -2.36. The second-order valence-corrected chi connectivity index (χ2v) is 2.05. The number of hydrogen-bond donors (Lipinski definition) is 1. The van der Waals surface area contributed by atoms with Crippen molar-refractivity contribution in [1.82, 2.24) is 5.32 Å². The average Bonchev–Trinajstić information content (AvgIpc) is 2.07. The molecule has 0 bridgehead atoms. The van der Waals surface area contributed by atoms with Gasteiger partial charge in [-0.05, 0) is 20.4 Å². The van der Waals surface area contributed by atoms with Crippen molar-refractivity contribution >= 4 is 0 Å². The zero-order chi connectivity index (χ0) is 8.62. The molecule has 0 amide bonds. The number of rotatable bonds is 2. The van der Waals surface area contributed by atoms with Crippen LogP contribution in [0.3, 0.4) is 0 Å². The van der Waals surface area contributed by atoms with E-state index in [-0.39, 0.29) is 5.54 Å². The molecular formula is C8H18N2. The van der Waals surface area contributed by atoms with E-state index in [9.17, 15) is 0 Å². The molecule has 0 radical (unpaired) electrons. The van der Waals surface area contributed by atoms with Gasteiger partial charge in [-0.2, -0.15) is 5.26 Å². The van der Waals surface area contributed by atoms with E-state index in [0.29, 0.717) is 0 Å². The van der Waals surface area contributed by atoms with Gasteiger partial charge in [-0.3, -0.25) is 0 Å². The summed E-state index contributed by atoms with van der Waals surface area (Å²) in [6.07, 6.45) is 0.847. The van der Waals surface area contributed by atoms with Crippen LogP contribution in [0.25, 0.3) is 0 Å². The first-order chi connectivity index (χ1) is 4.68. The van der Waals surface area contributed by atoms with Crippen LogP contribution in [0.1, 0.15) is 34.1 Å². The lowest BCUT2D eigenvalue weighted by molar-refractivity contribution is 0.476. The Balaban J connectivity index is 0. The van der Waals surface area contributed by atoms with Gasteiger partial charge in [0.25, 0.3) is 0 Å². The van der Waals surface area contributed by atoms with Crippen molar-refractivity contribution < 1.29 is 0 Å². The molecule has 2 nitrogen and oxygen atoms in total. The Kier molecular flexibility index (Phi) is 7.99. The number of hydrogen-bond acceptors (Lipinski definition) is 2. The average molecular weight is 142 g/mol. The zero-order valence-electron chi connectivity index (χ0n) is 7.65. The van der Waals surface area contributed by atoms with Gasteiger partial charge < -0.3 is 5.32 Å². The molecule has 0 spiro atoms. The first-order valence-corrected chi connectivity index (χ1v) is 3.78. The van der Waals surface area contributed by atoms with Gasteiger partial charge in [-0.15, -0.1) is 0 Å². The summed E-state index contributed by atoms with van der Waals surface area (Å²) in [5, 5.41) is 11.4. The molecule has 60 valence electrons. The first-order valence-electron chi connectivity index (χ1n) is 3.78. The summed E-state index contributed by atoms with van der Waals surface area (Å²) in [7, 11) is 1.80. The highest BCUT2D eigenvalue weighted by Gasteiger charge is 2.16. The standard InChI is InChI=1S/C6H12N2.C2H6/c1-4-6(2,5-7)8-3;1-2/h8H,4H2,1-3H3;1-2H3. The maximum atomic E-state index is 8.47. The molecule has 1 N–H and O–H groups in total. The Labute approximate surface area is 64.2 Å². The van der Waals surface area contributed by atoms with E-state index in [0.717, 1.165) is 6.42 Å².